The topological polar surface area (TPSA) is 98.7 Å². The Morgan fingerprint density at radius 3 is 2.60 bits per heavy atom. The fourth-order valence-electron chi connectivity index (χ4n) is 2.29. The van der Waals surface area contributed by atoms with Gasteiger partial charge in [-0.05, 0) is 25.7 Å². The number of amides is 3. The minimum absolute atomic E-state index is 0.0464. The number of carboxylic acids is 1. The van der Waals surface area contributed by atoms with Crippen molar-refractivity contribution in [2.24, 2.45) is 5.92 Å². The van der Waals surface area contributed by atoms with Crippen molar-refractivity contribution in [1.82, 2.24) is 15.5 Å². The van der Waals surface area contributed by atoms with E-state index in [2.05, 4.69) is 10.6 Å². The normalized spacial score (nSPS) is 22.2. The Balaban J connectivity index is 1.65. The van der Waals surface area contributed by atoms with E-state index in [9.17, 15) is 14.4 Å². The third-order valence-corrected chi connectivity index (χ3v) is 3.63. The van der Waals surface area contributed by atoms with E-state index in [0.717, 1.165) is 12.8 Å². The SMILES string of the molecule is O=C(CCNC(=O)N1CCCC(C(=O)O)C1)NC1CC1. The summed E-state index contributed by atoms with van der Waals surface area (Å²) in [6.45, 7) is 1.10. The second-order valence-corrected chi connectivity index (χ2v) is 5.45. The van der Waals surface area contributed by atoms with Crippen molar-refractivity contribution in [1.29, 1.82) is 0 Å². The van der Waals surface area contributed by atoms with E-state index < -0.39 is 11.9 Å². The molecule has 20 heavy (non-hydrogen) atoms. The summed E-state index contributed by atoms with van der Waals surface area (Å²) in [5.41, 5.74) is 0. The lowest BCUT2D eigenvalue weighted by Gasteiger charge is -2.30. The average Bonchev–Trinajstić information content (AvgIpc) is 3.22. The number of carbonyl (C=O) groups excluding carboxylic acids is 2. The van der Waals surface area contributed by atoms with Crippen molar-refractivity contribution in [3.63, 3.8) is 0 Å². The second-order valence-electron chi connectivity index (χ2n) is 5.45. The molecule has 1 heterocycles. The molecule has 1 unspecified atom stereocenters. The molecule has 2 fully saturated rings. The molecule has 1 saturated carbocycles. The summed E-state index contributed by atoms with van der Waals surface area (Å²) >= 11 is 0. The molecule has 3 N–H and O–H groups in total. The van der Waals surface area contributed by atoms with E-state index in [1.165, 1.54) is 4.90 Å². The summed E-state index contributed by atoms with van der Waals surface area (Å²) in [7, 11) is 0. The molecule has 0 radical (unpaired) electrons. The van der Waals surface area contributed by atoms with Crippen LogP contribution in [0, 0.1) is 5.92 Å². The van der Waals surface area contributed by atoms with Crippen molar-refractivity contribution in [2.45, 2.75) is 38.1 Å². The molecule has 0 bridgehead atoms. The lowest BCUT2D eigenvalue weighted by atomic mass is 9.99. The van der Waals surface area contributed by atoms with Crippen LogP contribution in [0.1, 0.15) is 32.1 Å². The van der Waals surface area contributed by atoms with Gasteiger partial charge in [-0.2, -0.15) is 0 Å². The number of aliphatic carboxylic acids is 1. The number of hydrogen-bond acceptors (Lipinski definition) is 3. The number of nitrogens with zero attached hydrogens (tertiary/aromatic N) is 1. The van der Waals surface area contributed by atoms with E-state index in [4.69, 9.17) is 5.11 Å². The van der Waals surface area contributed by atoms with Gasteiger partial charge in [0.1, 0.15) is 0 Å². The molecule has 1 atom stereocenters. The first-order chi connectivity index (χ1) is 9.56. The highest BCUT2D eigenvalue weighted by Gasteiger charge is 2.28. The van der Waals surface area contributed by atoms with Crippen LogP contribution in [0.5, 0.6) is 0 Å². The smallest absolute Gasteiger partial charge is 0.317 e. The molecule has 7 nitrogen and oxygen atoms in total. The number of urea groups is 1. The zero-order chi connectivity index (χ0) is 14.5. The number of carboxylic acid groups (broad SMARTS) is 1. The molecular formula is C13H21N3O4. The standard InChI is InChI=1S/C13H21N3O4/c17-11(15-10-3-4-10)5-6-14-13(20)16-7-1-2-9(8-16)12(18)19/h9-10H,1-8H2,(H,14,20)(H,15,17)(H,18,19). The maximum Gasteiger partial charge on any atom is 0.317 e. The van der Waals surface area contributed by atoms with Crippen molar-refractivity contribution in [2.75, 3.05) is 19.6 Å². The second kappa shape index (κ2) is 6.58. The van der Waals surface area contributed by atoms with Gasteiger partial charge >= 0.3 is 12.0 Å². The van der Waals surface area contributed by atoms with Crippen molar-refractivity contribution < 1.29 is 19.5 Å². The minimum atomic E-state index is -0.855. The predicted octanol–water partition coefficient (Wildman–Crippen LogP) is 0.161. The molecular weight excluding hydrogens is 262 g/mol. The van der Waals surface area contributed by atoms with Crippen LogP contribution in [0.2, 0.25) is 0 Å². The maximum absolute atomic E-state index is 11.9. The fraction of sp³-hybridized carbons (Fsp3) is 0.769. The highest BCUT2D eigenvalue weighted by molar-refractivity contribution is 5.79. The summed E-state index contributed by atoms with van der Waals surface area (Å²) in [5, 5.41) is 14.5. The Morgan fingerprint density at radius 1 is 1.20 bits per heavy atom. The molecule has 112 valence electrons. The van der Waals surface area contributed by atoms with Crippen molar-refractivity contribution in [3.05, 3.63) is 0 Å². The molecule has 1 saturated heterocycles. The Bertz CT molecular complexity index is 395. The highest BCUT2D eigenvalue weighted by atomic mass is 16.4. The van der Waals surface area contributed by atoms with Gasteiger partial charge in [0, 0.05) is 32.1 Å². The Hall–Kier alpha value is -1.79. The Labute approximate surface area is 117 Å². The monoisotopic (exact) mass is 283 g/mol. The lowest BCUT2D eigenvalue weighted by molar-refractivity contribution is -0.143. The van der Waals surface area contributed by atoms with E-state index in [1.54, 1.807) is 0 Å². The maximum atomic E-state index is 11.9. The quantitative estimate of drug-likeness (QED) is 0.669. The molecule has 3 amide bonds. The van der Waals surface area contributed by atoms with Crippen molar-refractivity contribution in [3.8, 4) is 0 Å². The number of hydrogen-bond donors (Lipinski definition) is 3. The molecule has 0 aromatic heterocycles. The number of likely N-dealkylation sites (tertiary alicyclic amines) is 1. The van der Waals surface area contributed by atoms with Crippen LogP contribution >= 0.6 is 0 Å². The summed E-state index contributed by atoms with van der Waals surface area (Å²) in [6, 6.07) is 0.0480. The summed E-state index contributed by atoms with van der Waals surface area (Å²) in [6.07, 6.45) is 3.67. The first-order valence-electron chi connectivity index (χ1n) is 7.11. The summed E-state index contributed by atoms with van der Waals surface area (Å²) < 4.78 is 0. The van der Waals surface area contributed by atoms with Gasteiger partial charge in [0.15, 0.2) is 0 Å². The van der Waals surface area contributed by atoms with Crippen LogP contribution in [0.4, 0.5) is 4.79 Å². The number of nitrogens with one attached hydrogen (secondary N) is 2. The third-order valence-electron chi connectivity index (χ3n) is 3.63. The van der Waals surface area contributed by atoms with Crippen molar-refractivity contribution >= 4 is 17.9 Å². The Morgan fingerprint density at radius 2 is 1.95 bits per heavy atom. The largest absolute Gasteiger partial charge is 0.481 e. The van der Waals surface area contributed by atoms with E-state index in [0.29, 0.717) is 25.4 Å². The summed E-state index contributed by atoms with van der Waals surface area (Å²) in [4.78, 5) is 35.7. The molecule has 0 aromatic carbocycles. The molecule has 1 aliphatic heterocycles. The van der Waals surface area contributed by atoms with Gasteiger partial charge in [0.05, 0.1) is 5.92 Å². The van der Waals surface area contributed by atoms with E-state index in [1.807, 2.05) is 0 Å². The van der Waals surface area contributed by atoms with Gasteiger partial charge in [-0.25, -0.2) is 4.79 Å². The van der Waals surface area contributed by atoms with Gasteiger partial charge in [0.2, 0.25) is 5.91 Å². The van der Waals surface area contributed by atoms with E-state index >= 15 is 0 Å². The summed E-state index contributed by atoms with van der Waals surface area (Å²) in [5.74, 6) is -1.38. The zero-order valence-electron chi connectivity index (χ0n) is 11.4. The molecule has 2 rings (SSSR count). The molecule has 7 heteroatoms. The fourth-order valence-corrected chi connectivity index (χ4v) is 2.29. The first kappa shape index (κ1) is 14.6. The highest BCUT2D eigenvalue weighted by Crippen LogP contribution is 2.18. The van der Waals surface area contributed by atoms with Crippen LogP contribution in [0.15, 0.2) is 0 Å². The van der Waals surface area contributed by atoms with Crippen LogP contribution in [0.3, 0.4) is 0 Å². The van der Waals surface area contributed by atoms with Gasteiger partial charge in [-0.3, -0.25) is 9.59 Å². The molecule has 1 aliphatic carbocycles. The van der Waals surface area contributed by atoms with Gasteiger partial charge in [-0.1, -0.05) is 0 Å². The zero-order valence-corrected chi connectivity index (χ0v) is 11.4. The van der Waals surface area contributed by atoms with E-state index in [-0.39, 0.29) is 31.4 Å². The number of piperidine rings is 1. The minimum Gasteiger partial charge on any atom is -0.481 e. The Kier molecular flexibility index (Phi) is 4.81. The molecule has 2 aliphatic rings. The van der Waals surface area contributed by atoms with Crippen LogP contribution in [0.25, 0.3) is 0 Å². The van der Waals surface area contributed by atoms with Gasteiger partial charge in [0.25, 0.3) is 0 Å². The first-order valence-corrected chi connectivity index (χ1v) is 7.11. The predicted molar refractivity (Wildman–Crippen MR) is 71.1 cm³/mol. The lowest BCUT2D eigenvalue weighted by Crippen LogP contribution is -2.47. The van der Waals surface area contributed by atoms with Crippen LogP contribution in [-0.4, -0.2) is 53.6 Å². The average molecular weight is 283 g/mol. The van der Waals surface area contributed by atoms with Gasteiger partial charge in [-0.15, -0.1) is 0 Å². The molecule has 0 aromatic rings. The number of rotatable bonds is 5. The number of carbonyl (C=O) groups is 3. The van der Waals surface area contributed by atoms with Crippen LogP contribution < -0.4 is 10.6 Å². The third kappa shape index (κ3) is 4.40. The van der Waals surface area contributed by atoms with Gasteiger partial charge < -0.3 is 20.6 Å². The molecule has 0 spiro atoms. The van der Waals surface area contributed by atoms with Crippen LogP contribution in [-0.2, 0) is 9.59 Å².